The van der Waals surface area contributed by atoms with Gasteiger partial charge in [-0.2, -0.15) is 13.2 Å². The minimum Gasteiger partial charge on any atom is -0.339 e. The fourth-order valence-corrected chi connectivity index (χ4v) is 4.15. The van der Waals surface area contributed by atoms with Crippen LogP contribution in [0.1, 0.15) is 42.1 Å². The number of benzene rings is 1. The van der Waals surface area contributed by atoms with Gasteiger partial charge in [0.1, 0.15) is 6.54 Å². The topological polar surface area (TPSA) is 55.9 Å². The number of nitrogens with one attached hydrogen (secondary N) is 1. The minimum absolute atomic E-state index is 0.0674. The van der Waals surface area contributed by atoms with Gasteiger partial charge in [-0.3, -0.25) is 14.5 Å². The van der Waals surface area contributed by atoms with Crippen molar-refractivity contribution in [3.63, 3.8) is 0 Å². The largest absolute Gasteiger partial charge is 0.416 e. The third-order valence-electron chi connectivity index (χ3n) is 6.14. The molecule has 0 bridgehead atoms. The molecule has 6 nitrogen and oxygen atoms in total. The highest BCUT2D eigenvalue weighted by atomic mass is 19.4. The van der Waals surface area contributed by atoms with Crippen molar-refractivity contribution in [2.24, 2.45) is 0 Å². The van der Waals surface area contributed by atoms with E-state index in [0.29, 0.717) is 45.3 Å². The number of piperazine rings is 1. The molecule has 1 aromatic rings. The van der Waals surface area contributed by atoms with Crippen LogP contribution in [0.3, 0.4) is 0 Å². The molecule has 31 heavy (non-hydrogen) atoms. The van der Waals surface area contributed by atoms with Gasteiger partial charge in [-0.05, 0) is 50.6 Å². The monoisotopic (exact) mass is 440 g/mol. The lowest BCUT2D eigenvalue weighted by Gasteiger charge is -2.35. The Morgan fingerprint density at radius 1 is 1.10 bits per heavy atom. The minimum atomic E-state index is -4.45. The Morgan fingerprint density at radius 2 is 1.77 bits per heavy atom. The van der Waals surface area contributed by atoms with Crippen molar-refractivity contribution in [3.8, 4) is 0 Å². The van der Waals surface area contributed by atoms with Gasteiger partial charge in [0.25, 0.3) is 5.91 Å². The number of carbonyl (C=O) groups is 2. The number of piperidine rings is 1. The second-order valence-corrected chi connectivity index (χ2v) is 8.31. The lowest BCUT2D eigenvalue weighted by Crippen LogP contribution is -2.51. The maximum Gasteiger partial charge on any atom is 0.416 e. The van der Waals surface area contributed by atoms with Gasteiger partial charge >= 0.3 is 6.18 Å². The maximum atomic E-state index is 13.1. The van der Waals surface area contributed by atoms with Gasteiger partial charge in [0, 0.05) is 50.9 Å². The van der Waals surface area contributed by atoms with Crippen LogP contribution in [0.5, 0.6) is 0 Å². The SMILES string of the molecule is CC1CCCCN1CCN(CC(=O)N1CCNCC1)C(=O)c1ccc(C(F)(F)F)cc1. The zero-order chi connectivity index (χ0) is 22.4. The second-order valence-electron chi connectivity index (χ2n) is 8.31. The molecular formula is C22H31F3N4O2. The van der Waals surface area contributed by atoms with Gasteiger partial charge in [-0.1, -0.05) is 6.42 Å². The number of likely N-dealkylation sites (tertiary alicyclic amines) is 1. The van der Waals surface area contributed by atoms with Gasteiger partial charge < -0.3 is 15.1 Å². The van der Waals surface area contributed by atoms with E-state index in [2.05, 4.69) is 17.1 Å². The van der Waals surface area contributed by atoms with Crippen molar-refractivity contribution in [2.45, 2.75) is 38.4 Å². The molecule has 0 spiro atoms. The molecule has 2 saturated heterocycles. The summed E-state index contributed by atoms with van der Waals surface area (Å²) in [7, 11) is 0. The van der Waals surface area contributed by atoms with E-state index in [1.54, 1.807) is 4.90 Å². The van der Waals surface area contributed by atoms with E-state index in [-0.39, 0.29) is 18.0 Å². The van der Waals surface area contributed by atoms with Crippen LogP contribution in [0.25, 0.3) is 0 Å². The molecule has 0 radical (unpaired) electrons. The summed E-state index contributed by atoms with van der Waals surface area (Å²) in [6, 6.07) is 4.63. The number of nitrogens with zero attached hydrogens (tertiary/aromatic N) is 3. The maximum absolute atomic E-state index is 13.1. The summed E-state index contributed by atoms with van der Waals surface area (Å²) in [4.78, 5) is 31.4. The van der Waals surface area contributed by atoms with Gasteiger partial charge in [0.2, 0.25) is 5.91 Å². The molecule has 1 atom stereocenters. The molecule has 2 fully saturated rings. The van der Waals surface area contributed by atoms with E-state index >= 15 is 0 Å². The van der Waals surface area contributed by atoms with Crippen LogP contribution in [0, 0.1) is 0 Å². The second kappa shape index (κ2) is 10.5. The number of amides is 2. The smallest absolute Gasteiger partial charge is 0.339 e. The van der Waals surface area contributed by atoms with Crippen molar-refractivity contribution < 1.29 is 22.8 Å². The molecule has 2 aliphatic rings. The Balaban J connectivity index is 1.71. The summed E-state index contributed by atoms with van der Waals surface area (Å²) in [6.07, 6.45) is -1.05. The van der Waals surface area contributed by atoms with Crippen LogP contribution >= 0.6 is 0 Å². The third-order valence-corrected chi connectivity index (χ3v) is 6.14. The van der Waals surface area contributed by atoms with Crippen molar-refractivity contribution in [1.82, 2.24) is 20.0 Å². The van der Waals surface area contributed by atoms with Gasteiger partial charge in [0.05, 0.1) is 5.56 Å². The predicted octanol–water partition coefficient (Wildman–Crippen LogP) is 2.45. The molecule has 172 valence electrons. The first-order valence-electron chi connectivity index (χ1n) is 10.9. The van der Waals surface area contributed by atoms with Gasteiger partial charge in [0.15, 0.2) is 0 Å². The molecule has 1 N–H and O–H groups in total. The first-order valence-corrected chi connectivity index (χ1v) is 10.9. The van der Waals surface area contributed by atoms with Crippen molar-refractivity contribution in [3.05, 3.63) is 35.4 Å². The quantitative estimate of drug-likeness (QED) is 0.739. The number of carbonyl (C=O) groups excluding carboxylic acids is 2. The summed E-state index contributed by atoms with van der Waals surface area (Å²) in [5.41, 5.74) is -0.637. The Hall–Kier alpha value is -2.13. The van der Waals surface area contributed by atoms with Crippen LogP contribution < -0.4 is 5.32 Å². The Morgan fingerprint density at radius 3 is 2.39 bits per heavy atom. The molecule has 0 aromatic heterocycles. The van der Waals surface area contributed by atoms with E-state index in [0.717, 1.165) is 31.5 Å². The Labute approximate surface area is 181 Å². The fraction of sp³-hybridized carbons (Fsp3) is 0.636. The third kappa shape index (κ3) is 6.43. The van der Waals surface area contributed by atoms with E-state index in [4.69, 9.17) is 0 Å². The van der Waals surface area contributed by atoms with Crippen molar-refractivity contribution in [1.29, 1.82) is 0 Å². The fourth-order valence-electron chi connectivity index (χ4n) is 4.15. The highest BCUT2D eigenvalue weighted by Crippen LogP contribution is 2.29. The summed E-state index contributed by atoms with van der Waals surface area (Å²) in [5.74, 6) is -0.546. The summed E-state index contributed by atoms with van der Waals surface area (Å²) in [5, 5.41) is 3.19. The lowest BCUT2D eigenvalue weighted by atomic mass is 10.0. The highest BCUT2D eigenvalue weighted by Gasteiger charge is 2.31. The molecular weight excluding hydrogens is 409 g/mol. The number of hydrogen-bond donors (Lipinski definition) is 1. The average Bonchev–Trinajstić information content (AvgIpc) is 2.77. The van der Waals surface area contributed by atoms with E-state index in [1.807, 2.05) is 0 Å². The first kappa shape index (κ1) is 23.5. The molecule has 1 aromatic carbocycles. The molecule has 1 unspecified atom stereocenters. The number of rotatable bonds is 6. The van der Waals surface area contributed by atoms with Gasteiger partial charge in [-0.25, -0.2) is 0 Å². The molecule has 3 rings (SSSR count). The van der Waals surface area contributed by atoms with Crippen LogP contribution in [0.4, 0.5) is 13.2 Å². The Bertz CT molecular complexity index is 748. The van der Waals surface area contributed by atoms with E-state index < -0.39 is 17.6 Å². The van der Waals surface area contributed by atoms with Crippen molar-refractivity contribution in [2.75, 3.05) is 52.4 Å². The van der Waals surface area contributed by atoms with E-state index in [9.17, 15) is 22.8 Å². The number of alkyl halides is 3. The lowest BCUT2D eigenvalue weighted by molar-refractivity contribution is -0.137. The average molecular weight is 441 g/mol. The van der Waals surface area contributed by atoms with E-state index in [1.165, 1.54) is 23.5 Å². The van der Waals surface area contributed by atoms with Crippen LogP contribution in [-0.2, 0) is 11.0 Å². The molecule has 2 heterocycles. The predicted molar refractivity (Wildman–Crippen MR) is 112 cm³/mol. The standard InChI is InChI=1S/C22H31F3N4O2/c1-17-4-2-3-11-27(17)14-15-29(16-20(30)28-12-9-26-10-13-28)21(31)18-5-7-19(8-6-18)22(23,24)25/h5-8,17,26H,2-4,9-16H2,1H3. The zero-order valence-electron chi connectivity index (χ0n) is 18.0. The van der Waals surface area contributed by atoms with Crippen molar-refractivity contribution >= 4 is 11.8 Å². The van der Waals surface area contributed by atoms with Gasteiger partial charge in [-0.15, -0.1) is 0 Å². The summed E-state index contributed by atoms with van der Waals surface area (Å²) in [6.45, 7) is 6.65. The van der Waals surface area contributed by atoms with Crippen LogP contribution in [0.2, 0.25) is 0 Å². The highest BCUT2D eigenvalue weighted by molar-refractivity contribution is 5.96. The number of hydrogen-bond acceptors (Lipinski definition) is 4. The number of halogens is 3. The molecule has 2 amide bonds. The summed E-state index contributed by atoms with van der Waals surface area (Å²) >= 11 is 0. The molecule has 9 heteroatoms. The van der Waals surface area contributed by atoms with Crippen LogP contribution in [0.15, 0.2) is 24.3 Å². The van der Waals surface area contributed by atoms with Crippen LogP contribution in [-0.4, -0.2) is 84.9 Å². The Kier molecular flexibility index (Phi) is 7.94. The summed E-state index contributed by atoms with van der Waals surface area (Å²) < 4.78 is 38.6. The zero-order valence-corrected chi connectivity index (χ0v) is 18.0. The molecule has 0 saturated carbocycles. The normalized spacial score (nSPS) is 20.5. The first-order chi connectivity index (χ1) is 14.8. The molecule has 2 aliphatic heterocycles. The molecule has 0 aliphatic carbocycles.